The van der Waals surface area contributed by atoms with E-state index in [2.05, 4.69) is 65.1 Å². The van der Waals surface area contributed by atoms with Gasteiger partial charge in [-0.3, -0.25) is 0 Å². The number of hydrogen-bond donors (Lipinski definition) is 0. The number of benzene rings is 1. The van der Waals surface area contributed by atoms with Gasteiger partial charge in [0.2, 0.25) is 0 Å². The largest absolute Gasteiger partial charge is 0.462 e. The summed E-state index contributed by atoms with van der Waals surface area (Å²) in [5.74, 6) is 0. The molecule has 2 nitrogen and oxygen atoms in total. The first-order chi connectivity index (χ1) is 9.21. The fraction of sp³-hybridized carbons (Fsp3) is 0.625. The van der Waals surface area contributed by atoms with Gasteiger partial charge < -0.3 is 9.31 Å². The molecule has 2 rings (SSSR count). The molecule has 0 atom stereocenters. The first kappa shape index (κ1) is 15.8. The monoisotopic (exact) mass is 289 g/mol. The summed E-state index contributed by atoms with van der Waals surface area (Å²) in [5.41, 5.74) is 2.35. The Morgan fingerprint density at radius 2 is 1.45 bits per heavy atom. The van der Waals surface area contributed by atoms with Gasteiger partial charge in [-0.2, -0.15) is 0 Å². The number of hydrogen-bond acceptors (Lipinski definition) is 2. The summed E-state index contributed by atoms with van der Waals surface area (Å²) in [7, 11) is -0.402. The zero-order valence-electron chi connectivity index (χ0n) is 13.6. The first-order valence-electron chi connectivity index (χ1n) is 7.43. The molecule has 1 fully saturated rings. The smallest absolute Gasteiger partial charge is 0.403 e. The molecule has 0 aromatic heterocycles. The van der Waals surface area contributed by atoms with Crippen molar-refractivity contribution in [2.45, 2.75) is 64.4 Å². The molecular weight excluding hydrogens is 263 g/mol. The molecular formula is C16H26BO2Si. The lowest BCUT2D eigenvalue weighted by molar-refractivity contribution is 0.00578. The van der Waals surface area contributed by atoms with Crippen LogP contribution in [0.1, 0.15) is 38.8 Å². The van der Waals surface area contributed by atoms with Crippen molar-refractivity contribution < 1.29 is 9.31 Å². The van der Waals surface area contributed by atoms with Gasteiger partial charge in [-0.05, 0) is 44.9 Å². The zero-order chi connectivity index (χ0) is 15.0. The van der Waals surface area contributed by atoms with Crippen LogP contribution in [0.25, 0.3) is 0 Å². The van der Waals surface area contributed by atoms with E-state index in [-0.39, 0.29) is 27.1 Å². The maximum absolute atomic E-state index is 6.11. The van der Waals surface area contributed by atoms with Gasteiger partial charge in [-0.15, -0.1) is 0 Å². The third-order valence-corrected chi connectivity index (χ3v) is 5.44. The molecule has 0 amide bonds. The van der Waals surface area contributed by atoms with Crippen molar-refractivity contribution in [3.8, 4) is 0 Å². The van der Waals surface area contributed by atoms with Crippen LogP contribution in [0.3, 0.4) is 0 Å². The molecule has 1 aliphatic rings. The van der Waals surface area contributed by atoms with Gasteiger partial charge in [0, 0.05) is 15.1 Å². The van der Waals surface area contributed by atoms with Crippen molar-refractivity contribution in [2.75, 3.05) is 0 Å². The fourth-order valence-corrected chi connectivity index (χ4v) is 3.64. The van der Waals surface area contributed by atoms with E-state index >= 15 is 0 Å². The highest BCUT2D eigenvalue weighted by molar-refractivity contribution is 6.55. The van der Waals surface area contributed by atoms with Gasteiger partial charge >= 0.3 is 7.12 Å². The summed E-state index contributed by atoms with van der Waals surface area (Å²) in [6.07, 6.45) is 0.845. The van der Waals surface area contributed by atoms with Crippen LogP contribution in [0.5, 0.6) is 0 Å². The van der Waals surface area contributed by atoms with Crippen LogP contribution in [0, 0.1) is 0 Å². The second-order valence-electron chi connectivity index (χ2n) is 7.04. The van der Waals surface area contributed by atoms with E-state index in [9.17, 15) is 0 Å². The minimum absolute atomic E-state index is 0.134. The van der Waals surface area contributed by atoms with Crippen LogP contribution in [0.4, 0.5) is 0 Å². The summed E-state index contributed by atoms with van der Waals surface area (Å²) in [6.45, 7) is 13.2. The van der Waals surface area contributed by atoms with E-state index < -0.39 is 0 Å². The van der Waals surface area contributed by atoms with E-state index in [0.717, 1.165) is 6.32 Å². The molecule has 0 spiro atoms. The van der Waals surface area contributed by atoms with E-state index in [4.69, 9.17) is 9.31 Å². The third-order valence-electron chi connectivity index (χ3n) is 4.35. The van der Waals surface area contributed by atoms with Crippen LogP contribution in [0.2, 0.25) is 13.1 Å². The molecule has 0 bridgehead atoms. The maximum atomic E-state index is 6.11. The maximum Gasteiger partial charge on any atom is 0.462 e. The predicted octanol–water partition coefficient (Wildman–Crippen LogP) is 3.70. The lowest BCUT2D eigenvalue weighted by atomic mass is 9.79. The molecule has 1 aromatic rings. The van der Waals surface area contributed by atoms with Gasteiger partial charge in [0.25, 0.3) is 0 Å². The molecule has 4 heteroatoms. The van der Waals surface area contributed by atoms with Crippen LogP contribution in [0.15, 0.2) is 24.3 Å². The topological polar surface area (TPSA) is 18.5 Å². The zero-order valence-corrected chi connectivity index (χ0v) is 14.6. The van der Waals surface area contributed by atoms with Crippen molar-refractivity contribution in [1.82, 2.24) is 0 Å². The minimum Gasteiger partial charge on any atom is -0.403 e. The summed E-state index contributed by atoms with van der Waals surface area (Å²) in [5, 5.41) is 0. The lowest BCUT2D eigenvalue weighted by Gasteiger charge is -2.32. The second-order valence-corrected chi connectivity index (χ2v) is 9.81. The Morgan fingerprint density at radius 1 is 0.950 bits per heavy atom. The van der Waals surface area contributed by atoms with E-state index in [1.54, 1.807) is 0 Å². The van der Waals surface area contributed by atoms with Gasteiger partial charge in [0.05, 0.1) is 11.2 Å². The highest BCUT2D eigenvalue weighted by atomic mass is 28.3. The van der Waals surface area contributed by atoms with Crippen molar-refractivity contribution >= 4 is 15.9 Å². The minimum atomic E-state index is -0.269. The van der Waals surface area contributed by atoms with Crippen LogP contribution in [-0.4, -0.2) is 27.1 Å². The van der Waals surface area contributed by atoms with Crippen LogP contribution >= 0.6 is 0 Å². The molecule has 1 aliphatic heterocycles. The molecule has 1 saturated heterocycles. The lowest BCUT2D eigenvalue weighted by Crippen LogP contribution is -2.41. The van der Waals surface area contributed by atoms with E-state index in [0.29, 0.717) is 0 Å². The summed E-state index contributed by atoms with van der Waals surface area (Å²) in [4.78, 5) is 0. The summed E-state index contributed by atoms with van der Waals surface area (Å²) < 4.78 is 12.2. The van der Waals surface area contributed by atoms with Crippen molar-refractivity contribution in [1.29, 1.82) is 0 Å². The quantitative estimate of drug-likeness (QED) is 0.787. The molecule has 1 aromatic carbocycles. The fourth-order valence-electron chi connectivity index (χ4n) is 2.54. The standard InChI is InChI=1S/C16H26BO2Si/c1-15(2)16(3,4)19-17(18-15)11-13-9-7-8-10-14(13)12-20(5)6/h7-10H,11-12H2,1-6H3. The Bertz CT molecular complexity index is 455. The van der Waals surface area contributed by atoms with Gasteiger partial charge in [0.15, 0.2) is 0 Å². The van der Waals surface area contributed by atoms with Crippen LogP contribution in [-0.2, 0) is 21.7 Å². The molecule has 0 aliphatic carbocycles. The Balaban J connectivity index is 2.12. The number of rotatable bonds is 4. The normalized spacial score (nSPS) is 20.6. The van der Waals surface area contributed by atoms with E-state index in [1.165, 1.54) is 17.2 Å². The highest BCUT2D eigenvalue weighted by Crippen LogP contribution is 2.37. The SMILES string of the molecule is C[Si](C)Cc1ccccc1CB1OC(C)(C)C(C)(C)O1. The molecule has 0 N–H and O–H groups in total. The Morgan fingerprint density at radius 3 is 1.95 bits per heavy atom. The third kappa shape index (κ3) is 3.35. The van der Waals surface area contributed by atoms with Crippen molar-refractivity contribution in [2.24, 2.45) is 0 Å². The van der Waals surface area contributed by atoms with Crippen molar-refractivity contribution in [3.63, 3.8) is 0 Å². The molecule has 1 heterocycles. The molecule has 0 saturated carbocycles. The van der Waals surface area contributed by atoms with Gasteiger partial charge in [0.1, 0.15) is 0 Å². The Kier molecular flexibility index (Phi) is 4.47. The highest BCUT2D eigenvalue weighted by Gasteiger charge is 2.50. The summed E-state index contributed by atoms with van der Waals surface area (Å²) in [6, 6.07) is 9.92. The average molecular weight is 289 g/mol. The van der Waals surface area contributed by atoms with Gasteiger partial charge in [-0.25, -0.2) is 0 Å². The Labute approximate surface area is 125 Å². The second kappa shape index (κ2) is 5.66. The molecule has 109 valence electrons. The summed E-state index contributed by atoms with van der Waals surface area (Å²) >= 11 is 0. The van der Waals surface area contributed by atoms with E-state index in [1.807, 2.05) is 0 Å². The molecule has 20 heavy (non-hydrogen) atoms. The van der Waals surface area contributed by atoms with Crippen LogP contribution < -0.4 is 0 Å². The predicted molar refractivity (Wildman–Crippen MR) is 87.4 cm³/mol. The average Bonchev–Trinajstić information content (AvgIpc) is 2.49. The first-order valence-corrected chi connectivity index (χ1v) is 10.1. The van der Waals surface area contributed by atoms with Gasteiger partial charge in [-0.1, -0.05) is 37.4 Å². The molecule has 0 unspecified atom stereocenters. The molecule has 1 radical (unpaired) electrons. The Hall–Kier alpha value is -0.578. The van der Waals surface area contributed by atoms with Crippen molar-refractivity contribution in [3.05, 3.63) is 35.4 Å².